The predicted molar refractivity (Wildman–Crippen MR) is 118 cm³/mol. The van der Waals surface area contributed by atoms with Crippen LogP contribution in [-0.2, 0) is 0 Å². The summed E-state index contributed by atoms with van der Waals surface area (Å²) in [5.41, 5.74) is 11.3. The molecule has 0 saturated carbocycles. The van der Waals surface area contributed by atoms with Gasteiger partial charge in [0.25, 0.3) is 0 Å². The Balaban J connectivity index is 1.67. The second-order valence-corrected chi connectivity index (χ2v) is 7.04. The Labute approximate surface area is 171 Å². The van der Waals surface area contributed by atoms with E-state index in [-0.39, 0.29) is 0 Å². The molecule has 0 amide bonds. The lowest BCUT2D eigenvalue weighted by atomic mass is 10.0. The van der Waals surface area contributed by atoms with Crippen molar-refractivity contribution in [3.8, 4) is 33.8 Å². The molecule has 4 rings (SSSR count). The lowest BCUT2D eigenvalue weighted by Crippen LogP contribution is -2.43. The highest BCUT2D eigenvalue weighted by molar-refractivity contribution is 5.81. The Morgan fingerprint density at radius 1 is 0.862 bits per heavy atom. The quantitative estimate of drug-likeness (QED) is 0.695. The summed E-state index contributed by atoms with van der Waals surface area (Å²) in [6, 6.07) is 16.4. The molecule has 150 valence electrons. The van der Waals surface area contributed by atoms with Gasteiger partial charge in [0.05, 0.1) is 14.2 Å². The van der Waals surface area contributed by atoms with Gasteiger partial charge in [-0.3, -0.25) is 0 Å². The molecule has 2 heterocycles. The van der Waals surface area contributed by atoms with Gasteiger partial charge in [-0.05, 0) is 41.5 Å². The van der Waals surface area contributed by atoms with Crippen molar-refractivity contribution in [2.24, 2.45) is 0 Å². The molecule has 0 bridgehead atoms. The summed E-state index contributed by atoms with van der Waals surface area (Å²) in [5, 5.41) is 3.39. The number of pyridine rings is 1. The van der Waals surface area contributed by atoms with E-state index in [0.717, 1.165) is 48.4 Å². The van der Waals surface area contributed by atoms with E-state index in [1.165, 1.54) is 5.69 Å². The molecule has 29 heavy (non-hydrogen) atoms. The third-order valence-corrected chi connectivity index (χ3v) is 5.26. The Hall–Kier alpha value is -3.25. The molecule has 0 aliphatic carbocycles. The Morgan fingerprint density at radius 3 is 2.14 bits per heavy atom. The standard InChI is InChI=1S/C23H26N4O2/c1-28-20-11-17(12-21(14-20)29-2)22-13-18(15-26-23(22)24)16-3-5-19(6-4-16)27-9-7-25-8-10-27/h3-6,11-15,25H,7-10H2,1-2H3,(H2,24,26). The molecule has 1 saturated heterocycles. The molecule has 1 fully saturated rings. The fraction of sp³-hybridized carbons (Fsp3) is 0.261. The molecule has 1 aliphatic heterocycles. The van der Waals surface area contributed by atoms with Crippen LogP contribution in [0.5, 0.6) is 11.5 Å². The number of nitrogens with zero attached hydrogens (tertiary/aromatic N) is 2. The van der Waals surface area contributed by atoms with Crippen LogP contribution >= 0.6 is 0 Å². The van der Waals surface area contributed by atoms with E-state index in [1.54, 1.807) is 14.2 Å². The van der Waals surface area contributed by atoms with Crippen LogP contribution in [0.1, 0.15) is 0 Å². The van der Waals surface area contributed by atoms with Crippen molar-refractivity contribution in [1.29, 1.82) is 0 Å². The van der Waals surface area contributed by atoms with Crippen LogP contribution < -0.4 is 25.4 Å². The van der Waals surface area contributed by atoms with Crippen LogP contribution in [0.2, 0.25) is 0 Å². The largest absolute Gasteiger partial charge is 0.497 e. The van der Waals surface area contributed by atoms with Gasteiger partial charge in [0.15, 0.2) is 0 Å². The van der Waals surface area contributed by atoms with Gasteiger partial charge >= 0.3 is 0 Å². The number of hydrogen-bond donors (Lipinski definition) is 2. The first-order valence-electron chi connectivity index (χ1n) is 9.73. The first-order chi connectivity index (χ1) is 14.2. The highest BCUT2D eigenvalue weighted by Crippen LogP contribution is 2.34. The summed E-state index contributed by atoms with van der Waals surface area (Å²) in [7, 11) is 3.27. The molecule has 1 aromatic heterocycles. The molecule has 0 spiro atoms. The van der Waals surface area contributed by atoms with E-state index in [0.29, 0.717) is 17.3 Å². The van der Waals surface area contributed by atoms with Crippen LogP contribution in [0.15, 0.2) is 54.7 Å². The zero-order valence-electron chi connectivity index (χ0n) is 16.8. The second kappa shape index (κ2) is 8.41. The van der Waals surface area contributed by atoms with Crippen molar-refractivity contribution in [2.45, 2.75) is 0 Å². The molecule has 3 N–H and O–H groups in total. The maximum Gasteiger partial charge on any atom is 0.131 e. The van der Waals surface area contributed by atoms with E-state index >= 15 is 0 Å². The number of hydrogen-bond acceptors (Lipinski definition) is 6. The average molecular weight is 390 g/mol. The van der Waals surface area contributed by atoms with Gasteiger partial charge < -0.3 is 25.4 Å². The van der Waals surface area contributed by atoms with Crippen molar-refractivity contribution in [3.05, 3.63) is 54.7 Å². The van der Waals surface area contributed by atoms with Crippen LogP contribution in [0.25, 0.3) is 22.3 Å². The minimum absolute atomic E-state index is 0.474. The second-order valence-electron chi connectivity index (χ2n) is 7.04. The van der Waals surface area contributed by atoms with Gasteiger partial charge in [0, 0.05) is 55.3 Å². The molecule has 0 radical (unpaired) electrons. The zero-order valence-corrected chi connectivity index (χ0v) is 16.8. The summed E-state index contributed by atoms with van der Waals surface area (Å²) in [6.07, 6.45) is 1.82. The van der Waals surface area contributed by atoms with Crippen LogP contribution in [0, 0.1) is 0 Å². The van der Waals surface area contributed by atoms with E-state index in [1.807, 2.05) is 24.4 Å². The summed E-state index contributed by atoms with van der Waals surface area (Å²) in [5.74, 6) is 1.90. The first kappa shape index (κ1) is 19.1. The Bertz CT molecular complexity index is 960. The summed E-state index contributed by atoms with van der Waals surface area (Å²) in [4.78, 5) is 6.83. The number of piperazine rings is 1. The zero-order chi connectivity index (χ0) is 20.2. The third kappa shape index (κ3) is 4.12. The van der Waals surface area contributed by atoms with Crippen molar-refractivity contribution >= 4 is 11.5 Å². The highest BCUT2D eigenvalue weighted by Gasteiger charge is 2.12. The number of ether oxygens (including phenoxy) is 2. The summed E-state index contributed by atoms with van der Waals surface area (Å²) >= 11 is 0. The van der Waals surface area contributed by atoms with Crippen molar-refractivity contribution in [2.75, 3.05) is 51.0 Å². The molecule has 6 heteroatoms. The van der Waals surface area contributed by atoms with Gasteiger partial charge in [0.1, 0.15) is 17.3 Å². The van der Waals surface area contributed by atoms with Gasteiger partial charge in [-0.1, -0.05) is 12.1 Å². The fourth-order valence-electron chi connectivity index (χ4n) is 3.62. The molecule has 6 nitrogen and oxygen atoms in total. The van der Waals surface area contributed by atoms with Gasteiger partial charge in [-0.15, -0.1) is 0 Å². The Morgan fingerprint density at radius 2 is 1.52 bits per heavy atom. The van der Waals surface area contributed by atoms with Crippen LogP contribution in [0.4, 0.5) is 11.5 Å². The number of nitrogens with one attached hydrogen (secondary N) is 1. The molecule has 1 aliphatic rings. The normalized spacial score (nSPS) is 13.9. The number of aromatic nitrogens is 1. The highest BCUT2D eigenvalue weighted by atomic mass is 16.5. The lowest BCUT2D eigenvalue weighted by molar-refractivity contribution is 0.394. The first-order valence-corrected chi connectivity index (χ1v) is 9.73. The van der Waals surface area contributed by atoms with Crippen molar-refractivity contribution in [3.63, 3.8) is 0 Å². The minimum atomic E-state index is 0.474. The number of anilines is 2. The lowest BCUT2D eigenvalue weighted by Gasteiger charge is -2.29. The predicted octanol–water partition coefficient (Wildman–Crippen LogP) is 3.42. The number of methoxy groups -OCH3 is 2. The minimum Gasteiger partial charge on any atom is -0.497 e. The number of rotatable bonds is 5. The van der Waals surface area contributed by atoms with E-state index in [2.05, 4.69) is 45.5 Å². The third-order valence-electron chi connectivity index (χ3n) is 5.26. The topological polar surface area (TPSA) is 72.6 Å². The van der Waals surface area contributed by atoms with Gasteiger partial charge in [-0.25, -0.2) is 4.98 Å². The van der Waals surface area contributed by atoms with Gasteiger partial charge in [-0.2, -0.15) is 0 Å². The number of benzene rings is 2. The molecule has 0 atom stereocenters. The smallest absolute Gasteiger partial charge is 0.131 e. The van der Waals surface area contributed by atoms with E-state index in [4.69, 9.17) is 15.2 Å². The van der Waals surface area contributed by atoms with Crippen molar-refractivity contribution < 1.29 is 9.47 Å². The maximum absolute atomic E-state index is 6.20. The maximum atomic E-state index is 6.20. The SMILES string of the molecule is COc1cc(OC)cc(-c2cc(-c3ccc(N4CCNCC4)cc3)cnc2N)c1. The molecule has 2 aromatic carbocycles. The molecular weight excluding hydrogens is 364 g/mol. The number of nitrogens with two attached hydrogens (primary N) is 1. The molecular formula is C23H26N4O2. The van der Waals surface area contributed by atoms with Crippen LogP contribution in [-0.4, -0.2) is 45.4 Å². The fourth-order valence-corrected chi connectivity index (χ4v) is 3.62. The van der Waals surface area contributed by atoms with E-state index in [9.17, 15) is 0 Å². The molecule has 3 aromatic rings. The summed E-state index contributed by atoms with van der Waals surface area (Å²) < 4.78 is 10.8. The Kier molecular flexibility index (Phi) is 5.53. The van der Waals surface area contributed by atoms with Crippen LogP contribution in [0.3, 0.4) is 0 Å². The van der Waals surface area contributed by atoms with E-state index < -0.39 is 0 Å². The van der Waals surface area contributed by atoms with Gasteiger partial charge in [0.2, 0.25) is 0 Å². The average Bonchev–Trinajstić information content (AvgIpc) is 2.79. The monoisotopic (exact) mass is 390 g/mol. The van der Waals surface area contributed by atoms with Crippen molar-refractivity contribution in [1.82, 2.24) is 10.3 Å². The summed E-state index contributed by atoms with van der Waals surface area (Å²) in [6.45, 7) is 4.11. The molecule has 0 unspecified atom stereocenters. The number of nitrogen functional groups attached to an aromatic ring is 1.